The van der Waals surface area contributed by atoms with Crippen LogP contribution in [0.4, 0.5) is 0 Å². The summed E-state index contributed by atoms with van der Waals surface area (Å²) in [5, 5.41) is 9.79. The molecule has 2 aliphatic rings. The fraction of sp³-hybridized carbons (Fsp3) is 0.300. The van der Waals surface area contributed by atoms with Crippen molar-refractivity contribution in [3.05, 3.63) is 76.7 Å². The van der Waals surface area contributed by atoms with Crippen LogP contribution in [-0.2, 0) is 6.42 Å². The first-order valence-electron chi connectivity index (χ1n) is 7.82. The molecule has 2 nitrogen and oxygen atoms in total. The number of allylic oxidation sites excluding steroid dienone is 2. The van der Waals surface area contributed by atoms with E-state index >= 15 is 0 Å². The zero-order valence-corrected chi connectivity index (χ0v) is 13.6. The second kappa shape index (κ2) is 5.20. The summed E-state index contributed by atoms with van der Waals surface area (Å²) in [4.78, 5) is 2.28. The molecule has 0 fully saturated rings. The standard InChI is InChI=1S/C20H23NO/c1-6-17-10-16-7-12(2)13(3)8-18(16)20-9-14(4)19(15(5)22)11-21(17)20/h7-9,11,17,22H,4-6,10H2,1-3H3. The van der Waals surface area contributed by atoms with Gasteiger partial charge in [0.25, 0.3) is 0 Å². The van der Waals surface area contributed by atoms with E-state index in [1.807, 2.05) is 6.20 Å². The summed E-state index contributed by atoms with van der Waals surface area (Å²) in [6, 6.07) is 5.00. The monoisotopic (exact) mass is 293 g/mol. The van der Waals surface area contributed by atoms with E-state index in [4.69, 9.17) is 0 Å². The molecule has 0 aliphatic carbocycles. The lowest BCUT2D eigenvalue weighted by atomic mass is 9.85. The molecule has 1 aromatic carbocycles. The average molecular weight is 293 g/mol. The van der Waals surface area contributed by atoms with E-state index < -0.39 is 0 Å². The van der Waals surface area contributed by atoms with Crippen LogP contribution >= 0.6 is 0 Å². The molecule has 0 saturated carbocycles. The normalized spacial score (nSPS) is 20.0. The Labute approximate surface area is 132 Å². The Morgan fingerprint density at radius 2 is 2.00 bits per heavy atom. The molecule has 114 valence electrons. The largest absolute Gasteiger partial charge is 0.508 e. The van der Waals surface area contributed by atoms with E-state index in [0.29, 0.717) is 6.04 Å². The molecule has 1 N–H and O–H groups in total. The minimum atomic E-state index is 0.0843. The molecule has 2 heterocycles. The number of nitrogens with zero attached hydrogens (tertiary/aromatic N) is 1. The van der Waals surface area contributed by atoms with E-state index in [1.165, 1.54) is 28.0 Å². The first-order chi connectivity index (χ1) is 10.4. The minimum Gasteiger partial charge on any atom is -0.508 e. The second-order valence-electron chi connectivity index (χ2n) is 6.31. The second-order valence-corrected chi connectivity index (χ2v) is 6.31. The predicted molar refractivity (Wildman–Crippen MR) is 92.5 cm³/mol. The van der Waals surface area contributed by atoms with E-state index in [1.54, 1.807) is 0 Å². The van der Waals surface area contributed by atoms with E-state index in [0.717, 1.165) is 24.0 Å². The third-order valence-electron chi connectivity index (χ3n) is 4.83. The summed E-state index contributed by atoms with van der Waals surface area (Å²) in [6.07, 6.45) is 6.16. The van der Waals surface area contributed by atoms with Gasteiger partial charge < -0.3 is 10.0 Å². The zero-order valence-electron chi connectivity index (χ0n) is 13.6. The third-order valence-corrected chi connectivity index (χ3v) is 4.83. The number of hydrogen-bond acceptors (Lipinski definition) is 2. The Bertz CT molecular complexity index is 736. The van der Waals surface area contributed by atoms with Crippen molar-refractivity contribution >= 4 is 5.70 Å². The van der Waals surface area contributed by atoms with Crippen molar-refractivity contribution in [3.8, 4) is 0 Å². The van der Waals surface area contributed by atoms with Crippen LogP contribution in [0.3, 0.4) is 0 Å². The van der Waals surface area contributed by atoms with Gasteiger partial charge in [-0.1, -0.05) is 26.1 Å². The van der Waals surface area contributed by atoms with Gasteiger partial charge in [-0.05, 0) is 61.1 Å². The van der Waals surface area contributed by atoms with Crippen molar-refractivity contribution in [1.29, 1.82) is 0 Å². The third kappa shape index (κ3) is 2.19. The number of benzene rings is 1. The number of aliphatic hydroxyl groups is 1. The molecule has 2 aliphatic heterocycles. The van der Waals surface area contributed by atoms with Crippen LogP contribution in [0.1, 0.15) is 35.6 Å². The lowest BCUT2D eigenvalue weighted by Gasteiger charge is -2.41. The molecule has 0 aromatic heterocycles. The first kappa shape index (κ1) is 14.7. The molecule has 1 aromatic rings. The van der Waals surface area contributed by atoms with Gasteiger partial charge in [-0.25, -0.2) is 0 Å². The van der Waals surface area contributed by atoms with Gasteiger partial charge in [-0.2, -0.15) is 0 Å². The summed E-state index contributed by atoms with van der Waals surface area (Å²) < 4.78 is 0. The molecule has 0 radical (unpaired) electrons. The van der Waals surface area contributed by atoms with E-state index in [9.17, 15) is 5.11 Å². The Balaban J connectivity index is 2.17. The SMILES string of the molecule is C=C(O)C1=CN2C(=CC1=C)c1cc(C)c(C)cc1CC2CC. The number of hydrogen-bond donors (Lipinski definition) is 1. The van der Waals surface area contributed by atoms with Gasteiger partial charge in [-0.3, -0.25) is 0 Å². The van der Waals surface area contributed by atoms with Gasteiger partial charge in [-0.15, -0.1) is 0 Å². The molecule has 0 bridgehead atoms. The summed E-state index contributed by atoms with van der Waals surface area (Å²) in [7, 11) is 0. The Morgan fingerprint density at radius 3 is 2.64 bits per heavy atom. The highest BCUT2D eigenvalue weighted by Gasteiger charge is 2.31. The fourth-order valence-corrected chi connectivity index (χ4v) is 3.36. The van der Waals surface area contributed by atoms with E-state index in [2.05, 4.69) is 57.0 Å². The van der Waals surface area contributed by atoms with Crippen LogP contribution in [0.5, 0.6) is 0 Å². The van der Waals surface area contributed by atoms with Crippen molar-refractivity contribution in [1.82, 2.24) is 4.90 Å². The first-order valence-corrected chi connectivity index (χ1v) is 7.82. The minimum absolute atomic E-state index is 0.0843. The van der Waals surface area contributed by atoms with Crippen molar-refractivity contribution in [2.45, 2.75) is 39.7 Å². The molecule has 2 heteroatoms. The van der Waals surface area contributed by atoms with Gasteiger partial charge in [0.05, 0.1) is 0 Å². The fourth-order valence-electron chi connectivity index (χ4n) is 3.36. The summed E-state index contributed by atoms with van der Waals surface area (Å²) in [5.74, 6) is 0.0843. The predicted octanol–water partition coefficient (Wildman–Crippen LogP) is 4.81. The number of aryl methyl sites for hydroxylation is 2. The van der Waals surface area contributed by atoms with Gasteiger partial charge in [0.2, 0.25) is 0 Å². The lowest BCUT2D eigenvalue weighted by Crippen LogP contribution is -2.37. The molecular weight excluding hydrogens is 270 g/mol. The Kier molecular flexibility index (Phi) is 3.48. The van der Waals surface area contributed by atoms with Crippen molar-refractivity contribution < 1.29 is 5.11 Å². The molecule has 0 spiro atoms. The number of rotatable bonds is 2. The van der Waals surface area contributed by atoms with Crippen LogP contribution in [0, 0.1) is 13.8 Å². The van der Waals surface area contributed by atoms with E-state index in [-0.39, 0.29) is 5.76 Å². The van der Waals surface area contributed by atoms with Crippen LogP contribution in [-0.4, -0.2) is 16.0 Å². The summed E-state index contributed by atoms with van der Waals surface area (Å²) >= 11 is 0. The molecule has 22 heavy (non-hydrogen) atoms. The maximum atomic E-state index is 9.79. The average Bonchev–Trinajstić information content (AvgIpc) is 2.47. The smallest absolute Gasteiger partial charge is 0.117 e. The molecule has 3 rings (SSSR count). The van der Waals surface area contributed by atoms with Crippen molar-refractivity contribution in [2.75, 3.05) is 0 Å². The highest BCUT2D eigenvalue weighted by Crippen LogP contribution is 2.40. The summed E-state index contributed by atoms with van der Waals surface area (Å²) in [6.45, 7) is 14.3. The summed E-state index contributed by atoms with van der Waals surface area (Å²) in [5.41, 5.74) is 8.08. The highest BCUT2D eigenvalue weighted by molar-refractivity contribution is 5.77. The zero-order chi connectivity index (χ0) is 16.0. The lowest BCUT2D eigenvalue weighted by molar-refractivity contribution is 0.347. The number of fused-ring (bicyclic) bond motifs is 3. The molecule has 1 atom stereocenters. The Morgan fingerprint density at radius 1 is 1.32 bits per heavy atom. The topological polar surface area (TPSA) is 23.5 Å². The van der Waals surface area contributed by atoms with Gasteiger partial charge in [0.15, 0.2) is 0 Å². The van der Waals surface area contributed by atoms with Crippen LogP contribution < -0.4 is 0 Å². The maximum absolute atomic E-state index is 9.79. The van der Waals surface area contributed by atoms with Gasteiger partial charge in [0.1, 0.15) is 5.76 Å². The Hall–Kier alpha value is -2.22. The highest BCUT2D eigenvalue weighted by atomic mass is 16.3. The molecular formula is C20H23NO. The van der Waals surface area contributed by atoms with Crippen LogP contribution in [0.2, 0.25) is 0 Å². The quantitative estimate of drug-likeness (QED) is 0.791. The molecule has 0 amide bonds. The van der Waals surface area contributed by atoms with Crippen molar-refractivity contribution in [2.24, 2.45) is 0 Å². The van der Waals surface area contributed by atoms with Crippen LogP contribution in [0.15, 0.2) is 54.5 Å². The van der Waals surface area contributed by atoms with Gasteiger partial charge in [0, 0.05) is 29.1 Å². The maximum Gasteiger partial charge on any atom is 0.117 e. The van der Waals surface area contributed by atoms with Crippen LogP contribution in [0.25, 0.3) is 5.70 Å². The van der Waals surface area contributed by atoms with Crippen molar-refractivity contribution in [3.63, 3.8) is 0 Å². The molecule has 1 unspecified atom stereocenters. The van der Waals surface area contributed by atoms with Gasteiger partial charge >= 0.3 is 0 Å². The molecule has 0 saturated heterocycles. The number of aliphatic hydroxyl groups excluding tert-OH is 1.